The largest absolute Gasteiger partial charge is 0.348 e. The molecular formula is C26H26N4O2. The lowest BCUT2D eigenvalue weighted by Crippen LogP contribution is -2.23. The third kappa shape index (κ3) is 3.96. The van der Waals surface area contributed by atoms with Crippen LogP contribution in [0.1, 0.15) is 51.1 Å². The molecule has 0 aliphatic heterocycles. The smallest absolute Gasteiger partial charge is 0.277 e. The van der Waals surface area contributed by atoms with Gasteiger partial charge in [0.1, 0.15) is 5.52 Å². The summed E-state index contributed by atoms with van der Waals surface area (Å²) in [5.74, 6) is -0.109. The van der Waals surface area contributed by atoms with Crippen molar-refractivity contribution in [3.8, 4) is 0 Å². The molecule has 1 amide bonds. The van der Waals surface area contributed by atoms with Crippen LogP contribution in [0.15, 0.2) is 65.7 Å². The van der Waals surface area contributed by atoms with Crippen LogP contribution in [0.5, 0.6) is 0 Å². The third-order valence-electron chi connectivity index (χ3n) is 6.14. The van der Waals surface area contributed by atoms with E-state index < -0.39 is 0 Å². The summed E-state index contributed by atoms with van der Waals surface area (Å²) in [6.07, 6.45) is 7.76. The summed E-state index contributed by atoms with van der Waals surface area (Å²) in [6.45, 7) is 2.99. The highest BCUT2D eigenvalue weighted by molar-refractivity contribution is 5.94. The average molecular weight is 427 g/mol. The number of hydrogen-bond donors (Lipinski definition) is 1. The summed E-state index contributed by atoms with van der Waals surface area (Å²) in [5.41, 5.74) is 6.69. The number of carbonyl (C=O) groups is 1. The number of benzene rings is 2. The van der Waals surface area contributed by atoms with Crippen LogP contribution in [0.2, 0.25) is 0 Å². The molecule has 6 heteroatoms. The molecule has 0 atom stereocenters. The Balaban J connectivity index is 1.30. The van der Waals surface area contributed by atoms with Crippen molar-refractivity contribution in [2.45, 2.75) is 45.7 Å². The van der Waals surface area contributed by atoms with Gasteiger partial charge in [0, 0.05) is 30.1 Å². The quantitative estimate of drug-likeness (QED) is 0.530. The van der Waals surface area contributed by atoms with Crippen LogP contribution in [0.3, 0.4) is 0 Å². The Morgan fingerprint density at radius 1 is 1.03 bits per heavy atom. The number of hydrogen-bond acceptors (Lipinski definition) is 3. The number of carbonyl (C=O) groups excluding carboxylic acids is 1. The molecule has 1 N–H and O–H groups in total. The van der Waals surface area contributed by atoms with Crippen LogP contribution >= 0.6 is 0 Å². The van der Waals surface area contributed by atoms with Crippen LogP contribution in [-0.4, -0.2) is 20.1 Å². The lowest BCUT2D eigenvalue weighted by Gasteiger charge is -2.10. The van der Waals surface area contributed by atoms with E-state index in [2.05, 4.69) is 16.5 Å². The zero-order valence-corrected chi connectivity index (χ0v) is 18.2. The summed E-state index contributed by atoms with van der Waals surface area (Å²) < 4.78 is 3.45. The molecule has 162 valence electrons. The molecule has 2 aromatic carbocycles. The van der Waals surface area contributed by atoms with Crippen molar-refractivity contribution in [3.63, 3.8) is 0 Å². The van der Waals surface area contributed by atoms with Gasteiger partial charge in [-0.05, 0) is 55.9 Å². The topological polar surface area (TPSA) is 68.4 Å². The van der Waals surface area contributed by atoms with E-state index in [1.165, 1.54) is 5.56 Å². The van der Waals surface area contributed by atoms with Gasteiger partial charge in [-0.3, -0.25) is 9.59 Å². The summed E-state index contributed by atoms with van der Waals surface area (Å²) in [6, 6.07) is 15.5. The van der Waals surface area contributed by atoms with Gasteiger partial charge in [-0.15, -0.1) is 0 Å². The van der Waals surface area contributed by atoms with Gasteiger partial charge in [-0.1, -0.05) is 42.0 Å². The van der Waals surface area contributed by atoms with E-state index in [0.29, 0.717) is 24.2 Å². The minimum atomic E-state index is -0.109. The van der Waals surface area contributed by atoms with Gasteiger partial charge in [0.05, 0.1) is 12.2 Å². The van der Waals surface area contributed by atoms with Crippen LogP contribution in [0.25, 0.3) is 5.52 Å². The van der Waals surface area contributed by atoms with Crippen LogP contribution < -0.4 is 10.9 Å². The van der Waals surface area contributed by atoms with Crippen molar-refractivity contribution >= 4 is 11.4 Å². The summed E-state index contributed by atoms with van der Waals surface area (Å²) in [7, 11) is 0. The molecule has 0 radical (unpaired) electrons. The second-order valence-corrected chi connectivity index (χ2v) is 8.53. The fourth-order valence-electron chi connectivity index (χ4n) is 4.44. The van der Waals surface area contributed by atoms with Gasteiger partial charge in [0.2, 0.25) is 0 Å². The van der Waals surface area contributed by atoms with E-state index in [0.717, 1.165) is 48.1 Å². The van der Waals surface area contributed by atoms with E-state index in [1.807, 2.05) is 55.6 Å². The molecular weight excluding hydrogens is 400 g/mol. The lowest BCUT2D eigenvalue weighted by atomic mass is 9.97. The molecule has 4 aromatic rings. The molecule has 1 aliphatic carbocycles. The van der Waals surface area contributed by atoms with Crippen molar-refractivity contribution in [2.24, 2.45) is 0 Å². The summed E-state index contributed by atoms with van der Waals surface area (Å²) in [4.78, 5) is 25.6. The van der Waals surface area contributed by atoms with Crippen LogP contribution in [-0.2, 0) is 25.9 Å². The SMILES string of the molecule is Cc1cccc(CNC(=O)c2ccc(Cn3ccn4nc5c(c4c3=O)CCCC5)cc2)c1. The van der Waals surface area contributed by atoms with E-state index in [9.17, 15) is 9.59 Å². The molecule has 0 fully saturated rings. The Hall–Kier alpha value is -3.67. The van der Waals surface area contributed by atoms with Gasteiger partial charge in [-0.2, -0.15) is 5.10 Å². The maximum atomic E-state index is 13.1. The van der Waals surface area contributed by atoms with Crippen molar-refractivity contribution in [1.29, 1.82) is 0 Å². The van der Waals surface area contributed by atoms with E-state index >= 15 is 0 Å². The highest BCUT2D eigenvalue weighted by Crippen LogP contribution is 2.22. The van der Waals surface area contributed by atoms with E-state index in [4.69, 9.17) is 0 Å². The standard InChI is InChI=1S/C26H26N4O2/c1-18-5-4-6-20(15-18)16-27-25(31)21-11-9-19(10-12-21)17-29-13-14-30-24(26(29)32)22-7-2-3-8-23(22)28-30/h4-6,9-15H,2-3,7-8,16-17H2,1H3,(H,27,31). The number of aromatic nitrogens is 3. The Morgan fingerprint density at radius 3 is 2.66 bits per heavy atom. The first-order valence-corrected chi connectivity index (χ1v) is 11.1. The Bertz CT molecular complexity index is 1350. The maximum absolute atomic E-state index is 13.1. The second-order valence-electron chi connectivity index (χ2n) is 8.53. The number of amides is 1. The van der Waals surface area contributed by atoms with Gasteiger partial charge in [0.25, 0.3) is 11.5 Å². The molecule has 5 rings (SSSR count). The minimum absolute atomic E-state index is 0.0110. The highest BCUT2D eigenvalue weighted by atomic mass is 16.1. The van der Waals surface area contributed by atoms with Crippen molar-refractivity contribution in [1.82, 2.24) is 19.5 Å². The van der Waals surface area contributed by atoms with Gasteiger partial charge in [0.15, 0.2) is 0 Å². The third-order valence-corrected chi connectivity index (χ3v) is 6.14. The Kier molecular flexibility index (Phi) is 5.35. The van der Waals surface area contributed by atoms with E-state index in [1.54, 1.807) is 15.3 Å². The normalized spacial score (nSPS) is 13.2. The predicted molar refractivity (Wildman–Crippen MR) is 124 cm³/mol. The number of nitrogens with zero attached hydrogens (tertiary/aromatic N) is 3. The fraction of sp³-hybridized carbons (Fsp3) is 0.269. The van der Waals surface area contributed by atoms with Crippen molar-refractivity contribution in [2.75, 3.05) is 0 Å². The van der Waals surface area contributed by atoms with Crippen LogP contribution in [0.4, 0.5) is 0 Å². The zero-order valence-electron chi connectivity index (χ0n) is 18.2. The number of fused-ring (bicyclic) bond motifs is 3. The van der Waals surface area contributed by atoms with E-state index in [-0.39, 0.29) is 11.5 Å². The molecule has 0 saturated heterocycles. The Labute approximate surface area is 186 Å². The fourth-order valence-corrected chi connectivity index (χ4v) is 4.44. The van der Waals surface area contributed by atoms with Gasteiger partial charge >= 0.3 is 0 Å². The number of nitrogens with one attached hydrogen (secondary N) is 1. The predicted octanol–water partition coefficient (Wildman–Crippen LogP) is 3.66. The minimum Gasteiger partial charge on any atom is -0.348 e. The molecule has 6 nitrogen and oxygen atoms in total. The number of aryl methyl sites for hydroxylation is 3. The first kappa shape index (κ1) is 20.2. The van der Waals surface area contributed by atoms with Gasteiger partial charge in [-0.25, -0.2) is 4.52 Å². The second kappa shape index (κ2) is 8.46. The lowest BCUT2D eigenvalue weighted by molar-refractivity contribution is 0.0951. The molecule has 2 aromatic heterocycles. The van der Waals surface area contributed by atoms with Crippen molar-refractivity contribution < 1.29 is 4.79 Å². The average Bonchev–Trinajstić information content (AvgIpc) is 3.19. The molecule has 2 heterocycles. The molecule has 0 bridgehead atoms. The molecule has 0 unspecified atom stereocenters. The van der Waals surface area contributed by atoms with Gasteiger partial charge < -0.3 is 9.88 Å². The number of rotatable bonds is 5. The first-order valence-electron chi connectivity index (χ1n) is 11.1. The highest BCUT2D eigenvalue weighted by Gasteiger charge is 2.19. The van der Waals surface area contributed by atoms with Crippen molar-refractivity contribution in [3.05, 3.63) is 105 Å². The van der Waals surface area contributed by atoms with Crippen LogP contribution in [0, 0.1) is 6.92 Å². The maximum Gasteiger partial charge on any atom is 0.277 e. The first-order chi connectivity index (χ1) is 15.6. The monoisotopic (exact) mass is 426 g/mol. The Morgan fingerprint density at radius 2 is 1.84 bits per heavy atom. The molecule has 0 spiro atoms. The summed E-state index contributed by atoms with van der Waals surface area (Å²) in [5, 5.41) is 7.56. The molecule has 0 saturated carbocycles. The summed E-state index contributed by atoms with van der Waals surface area (Å²) >= 11 is 0. The zero-order chi connectivity index (χ0) is 22.1. The molecule has 1 aliphatic rings. The molecule has 32 heavy (non-hydrogen) atoms.